The molecule has 8 nitrogen and oxygen atoms in total. The highest BCUT2D eigenvalue weighted by atomic mass is 16.5. The zero-order chi connectivity index (χ0) is 18.6. The van der Waals surface area contributed by atoms with Crippen molar-refractivity contribution >= 4 is 11.8 Å². The maximum absolute atomic E-state index is 12.4. The van der Waals surface area contributed by atoms with E-state index in [1.165, 1.54) is 0 Å². The largest absolute Gasteiger partial charge is 0.383 e. The second-order valence-corrected chi connectivity index (χ2v) is 7.09. The van der Waals surface area contributed by atoms with E-state index in [2.05, 4.69) is 15.6 Å². The molecule has 144 valence electrons. The van der Waals surface area contributed by atoms with Gasteiger partial charge in [-0.25, -0.2) is 4.98 Å². The Morgan fingerprint density at radius 1 is 1.35 bits per heavy atom. The van der Waals surface area contributed by atoms with Crippen molar-refractivity contribution < 1.29 is 19.1 Å². The average molecular weight is 364 g/mol. The predicted molar refractivity (Wildman–Crippen MR) is 95.0 cm³/mol. The number of fused-ring (bicyclic) bond motifs is 1. The molecular formula is C18H28N4O4. The van der Waals surface area contributed by atoms with E-state index in [1.54, 1.807) is 20.4 Å². The minimum Gasteiger partial charge on any atom is -0.383 e. The molecule has 1 saturated carbocycles. The van der Waals surface area contributed by atoms with E-state index in [0.29, 0.717) is 31.8 Å². The van der Waals surface area contributed by atoms with Crippen molar-refractivity contribution in [1.82, 2.24) is 20.2 Å². The first-order valence-corrected chi connectivity index (χ1v) is 9.23. The van der Waals surface area contributed by atoms with Gasteiger partial charge in [-0.1, -0.05) is 0 Å². The molecule has 3 rings (SSSR count). The van der Waals surface area contributed by atoms with Crippen LogP contribution in [0.3, 0.4) is 0 Å². The smallest absolute Gasteiger partial charge is 0.269 e. The lowest BCUT2D eigenvalue weighted by molar-refractivity contribution is -0.134. The summed E-state index contributed by atoms with van der Waals surface area (Å²) >= 11 is 0. The molecule has 1 fully saturated rings. The minimum absolute atomic E-state index is 0.00575. The number of nitrogens with one attached hydrogen (secondary N) is 2. The molecule has 0 spiro atoms. The molecular weight excluding hydrogens is 336 g/mol. The topological polar surface area (TPSA) is 94.5 Å². The summed E-state index contributed by atoms with van der Waals surface area (Å²) < 4.78 is 12.4. The summed E-state index contributed by atoms with van der Waals surface area (Å²) in [6.07, 6.45) is 6.70. The highest BCUT2D eigenvalue weighted by molar-refractivity contribution is 5.92. The molecule has 2 aliphatic rings. The molecule has 1 aliphatic heterocycles. The molecule has 2 N–H and O–H groups in total. The van der Waals surface area contributed by atoms with Gasteiger partial charge in [0.1, 0.15) is 11.5 Å². The number of rotatable bonds is 9. The summed E-state index contributed by atoms with van der Waals surface area (Å²) in [4.78, 5) is 29.0. The Bertz CT molecular complexity index is 648. The van der Waals surface area contributed by atoms with Gasteiger partial charge in [0.2, 0.25) is 5.91 Å². The SMILES string of the molecule is COCCNC(=O)c1cnc2n1C(CNC(=O)CC1(OC)CCC1)CC2. The van der Waals surface area contributed by atoms with E-state index in [-0.39, 0.29) is 23.5 Å². The van der Waals surface area contributed by atoms with Crippen LogP contribution in [0.15, 0.2) is 6.20 Å². The first kappa shape index (κ1) is 18.8. The van der Waals surface area contributed by atoms with Gasteiger partial charge in [0.25, 0.3) is 5.91 Å². The van der Waals surface area contributed by atoms with Crippen molar-refractivity contribution in [2.45, 2.75) is 50.2 Å². The van der Waals surface area contributed by atoms with E-state index < -0.39 is 0 Å². The molecule has 1 aromatic heterocycles. The van der Waals surface area contributed by atoms with Crippen LogP contribution in [0, 0.1) is 0 Å². The maximum atomic E-state index is 12.4. The summed E-state index contributed by atoms with van der Waals surface area (Å²) in [7, 11) is 3.27. The second kappa shape index (κ2) is 8.18. The monoisotopic (exact) mass is 364 g/mol. The first-order chi connectivity index (χ1) is 12.6. The lowest BCUT2D eigenvalue weighted by Gasteiger charge is -2.40. The van der Waals surface area contributed by atoms with Gasteiger partial charge in [-0.15, -0.1) is 0 Å². The lowest BCUT2D eigenvalue weighted by atomic mass is 9.77. The van der Waals surface area contributed by atoms with Crippen molar-refractivity contribution in [3.05, 3.63) is 17.7 Å². The van der Waals surface area contributed by atoms with Gasteiger partial charge in [0.05, 0.1) is 30.9 Å². The molecule has 1 atom stereocenters. The molecule has 2 amide bonds. The number of methoxy groups -OCH3 is 2. The van der Waals surface area contributed by atoms with E-state index in [0.717, 1.165) is 37.9 Å². The van der Waals surface area contributed by atoms with Crippen molar-refractivity contribution in [3.8, 4) is 0 Å². The maximum Gasteiger partial charge on any atom is 0.269 e. The summed E-state index contributed by atoms with van der Waals surface area (Å²) in [5.41, 5.74) is 0.270. The number of hydrogen-bond donors (Lipinski definition) is 2. The Hall–Kier alpha value is -1.93. The first-order valence-electron chi connectivity index (χ1n) is 9.23. The van der Waals surface area contributed by atoms with Gasteiger partial charge in [-0.05, 0) is 25.7 Å². The van der Waals surface area contributed by atoms with Crippen molar-refractivity contribution in [2.24, 2.45) is 0 Å². The van der Waals surface area contributed by atoms with Crippen molar-refractivity contribution in [2.75, 3.05) is 33.9 Å². The highest BCUT2D eigenvalue weighted by Gasteiger charge is 2.39. The summed E-state index contributed by atoms with van der Waals surface area (Å²) in [5, 5.41) is 5.84. The number of ether oxygens (including phenoxy) is 2. The fourth-order valence-electron chi connectivity index (χ4n) is 3.75. The van der Waals surface area contributed by atoms with Crippen LogP contribution in [0.5, 0.6) is 0 Å². The standard InChI is InChI=1S/C18H28N4O4/c1-25-9-8-19-17(24)14-12-20-15-5-4-13(22(14)15)11-21-16(23)10-18(26-2)6-3-7-18/h12-13H,3-11H2,1-2H3,(H,19,24)(H,21,23). The number of carbonyl (C=O) groups excluding carboxylic acids is 2. The van der Waals surface area contributed by atoms with Crippen molar-refractivity contribution in [1.29, 1.82) is 0 Å². The van der Waals surface area contributed by atoms with Gasteiger partial charge in [-0.2, -0.15) is 0 Å². The van der Waals surface area contributed by atoms with Crippen LogP contribution in [-0.2, 0) is 20.7 Å². The van der Waals surface area contributed by atoms with Crippen molar-refractivity contribution in [3.63, 3.8) is 0 Å². The molecule has 0 saturated heterocycles. The third kappa shape index (κ3) is 3.91. The molecule has 8 heteroatoms. The molecule has 26 heavy (non-hydrogen) atoms. The quantitative estimate of drug-likeness (QED) is 0.633. The van der Waals surface area contributed by atoms with E-state index in [9.17, 15) is 9.59 Å². The van der Waals surface area contributed by atoms with Gasteiger partial charge in [0.15, 0.2) is 0 Å². The minimum atomic E-state index is -0.272. The van der Waals surface area contributed by atoms with Crippen LogP contribution in [0.25, 0.3) is 0 Å². The fraction of sp³-hybridized carbons (Fsp3) is 0.722. The summed E-state index contributed by atoms with van der Waals surface area (Å²) in [6, 6.07) is 0.0551. The molecule has 2 heterocycles. The van der Waals surface area contributed by atoms with E-state index in [1.807, 2.05) is 4.57 Å². The van der Waals surface area contributed by atoms with Crippen LogP contribution >= 0.6 is 0 Å². The van der Waals surface area contributed by atoms with Gasteiger partial charge in [0, 0.05) is 33.7 Å². The normalized spacial score (nSPS) is 20.3. The molecule has 1 unspecified atom stereocenters. The second-order valence-electron chi connectivity index (χ2n) is 7.09. The third-order valence-electron chi connectivity index (χ3n) is 5.48. The molecule has 0 aromatic carbocycles. The third-order valence-corrected chi connectivity index (χ3v) is 5.48. The van der Waals surface area contributed by atoms with Crippen LogP contribution in [0.2, 0.25) is 0 Å². The summed E-state index contributed by atoms with van der Waals surface area (Å²) in [5.74, 6) is 0.742. The number of nitrogens with zero attached hydrogens (tertiary/aromatic N) is 2. The highest BCUT2D eigenvalue weighted by Crippen LogP contribution is 2.38. The predicted octanol–water partition coefficient (Wildman–Crippen LogP) is 0.822. The number of aromatic nitrogens is 2. The number of imidazole rings is 1. The fourth-order valence-corrected chi connectivity index (χ4v) is 3.75. The van der Waals surface area contributed by atoms with Crippen LogP contribution in [0.4, 0.5) is 0 Å². The van der Waals surface area contributed by atoms with E-state index >= 15 is 0 Å². The Morgan fingerprint density at radius 2 is 2.15 bits per heavy atom. The Morgan fingerprint density at radius 3 is 2.81 bits per heavy atom. The number of carbonyl (C=O) groups is 2. The number of hydrogen-bond acceptors (Lipinski definition) is 5. The van der Waals surface area contributed by atoms with Crippen LogP contribution in [0.1, 0.15) is 54.5 Å². The summed E-state index contributed by atoms with van der Waals surface area (Å²) in [6.45, 7) is 1.42. The Balaban J connectivity index is 1.56. The Labute approximate surface area is 153 Å². The zero-order valence-corrected chi connectivity index (χ0v) is 15.5. The average Bonchev–Trinajstić information content (AvgIpc) is 3.18. The zero-order valence-electron chi connectivity index (χ0n) is 15.5. The number of amides is 2. The van der Waals surface area contributed by atoms with Gasteiger partial charge in [-0.3, -0.25) is 9.59 Å². The molecule has 0 bridgehead atoms. The number of aryl methyl sites for hydroxylation is 1. The van der Waals surface area contributed by atoms with Gasteiger partial charge >= 0.3 is 0 Å². The van der Waals surface area contributed by atoms with E-state index in [4.69, 9.17) is 9.47 Å². The van der Waals surface area contributed by atoms with Crippen LogP contribution < -0.4 is 10.6 Å². The Kier molecular flexibility index (Phi) is 5.93. The van der Waals surface area contributed by atoms with Crippen LogP contribution in [-0.4, -0.2) is 60.9 Å². The molecule has 1 aliphatic carbocycles. The van der Waals surface area contributed by atoms with Gasteiger partial charge < -0.3 is 24.7 Å². The molecule has 1 aromatic rings. The lowest BCUT2D eigenvalue weighted by Crippen LogP contribution is -2.44. The molecule has 0 radical (unpaired) electrons.